The van der Waals surface area contributed by atoms with Gasteiger partial charge in [-0.3, -0.25) is 0 Å². The highest BCUT2D eigenvalue weighted by molar-refractivity contribution is 5.86. The van der Waals surface area contributed by atoms with Gasteiger partial charge in [-0.15, -0.1) is 0 Å². The van der Waals surface area contributed by atoms with Crippen LogP contribution < -0.4 is 15.3 Å². The summed E-state index contributed by atoms with van der Waals surface area (Å²) in [6.45, 7) is 3.34. The average molecular weight is 361 g/mol. The number of nitrogens with zero attached hydrogens (tertiary/aromatic N) is 1. The van der Waals surface area contributed by atoms with Crippen LogP contribution in [0.5, 0.6) is 5.75 Å². The fraction of sp³-hybridized carbons (Fsp3) is 0.348. The molecule has 0 amide bonds. The Morgan fingerprint density at radius 1 is 0.963 bits per heavy atom. The van der Waals surface area contributed by atoms with E-state index in [0.717, 1.165) is 60.1 Å². The van der Waals surface area contributed by atoms with E-state index >= 15 is 0 Å². The van der Waals surface area contributed by atoms with Gasteiger partial charge in [-0.05, 0) is 67.5 Å². The molecule has 27 heavy (non-hydrogen) atoms. The molecule has 2 aromatic carbocycles. The van der Waals surface area contributed by atoms with Crippen LogP contribution in [0.25, 0.3) is 11.0 Å². The maximum Gasteiger partial charge on any atom is 0.339 e. The van der Waals surface area contributed by atoms with E-state index in [9.17, 15) is 4.79 Å². The highest BCUT2D eigenvalue weighted by atomic mass is 16.5. The summed E-state index contributed by atoms with van der Waals surface area (Å²) in [7, 11) is 0. The lowest BCUT2D eigenvalue weighted by atomic mass is 9.90. The normalized spacial score (nSPS) is 16.0. The molecule has 1 aliphatic heterocycles. The molecule has 3 aromatic rings. The number of fused-ring (bicyclic) bond motifs is 5. The third-order valence-electron chi connectivity index (χ3n) is 5.89. The van der Waals surface area contributed by atoms with E-state index in [0.29, 0.717) is 18.9 Å². The zero-order valence-electron chi connectivity index (χ0n) is 15.6. The van der Waals surface area contributed by atoms with Gasteiger partial charge in [0.1, 0.15) is 11.3 Å². The van der Waals surface area contributed by atoms with Crippen LogP contribution in [0.15, 0.2) is 45.6 Å². The topological polar surface area (TPSA) is 42.7 Å². The third-order valence-corrected chi connectivity index (χ3v) is 5.89. The van der Waals surface area contributed by atoms with E-state index in [1.807, 2.05) is 6.07 Å². The monoisotopic (exact) mass is 361 g/mol. The average Bonchev–Trinajstić information content (AvgIpc) is 2.73. The molecular formula is C23H23NO3. The molecule has 0 radical (unpaired) electrons. The Balaban J connectivity index is 1.60. The standard InChI is InChI=1S/C23H23NO3/c1-2-15-7-9-16(10-8-15)24-13-20-21(26-14-24)12-11-18-17-5-3-4-6-19(17)23(25)27-22(18)20/h7-12H,2-6,13-14H2,1H3. The van der Waals surface area contributed by atoms with Crippen molar-refractivity contribution in [3.05, 3.63) is 69.1 Å². The second-order valence-corrected chi connectivity index (χ2v) is 7.46. The van der Waals surface area contributed by atoms with E-state index in [2.05, 4.69) is 42.2 Å². The van der Waals surface area contributed by atoms with Crippen molar-refractivity contribution in [2.45, 2.75) is 45.6 Å². The molecule has 0 saturated carbocycles. The van der Waals surface area contributed by atoms with Crippen molar-refractivity contribution in [1.82, 2.24) is 0 Å². The summed E-state index contributed by atoms with van der Waals surface area (Å²) in [4.78, 5) is 14.7. The third kappa shape index (κ3) is 2.71. The van der Waals surface area contributed by atoms with Crippen LogP contribution >= 0.6 is 0 Å². The van der Waals surface area contributed by atoms with Crippen molar-refractivity contribution in [2.75, 3.05) is 11.6 Å². The number of anilines is 1. The van der Waals surface area contributed by atoms with Crippen molar-refractivity contribution in [3.63, 3.8) is 0 Å². The Hall–Kier alpha value is -2.75. The molecule has 0 atom stereocenters. The molecule has 0 fully saturated rings. The summed E-state index contributed by atoms with van der Waals surface area (Å²) < 4.78 is 11.8. The number of ether oxygens (including phenoxy) is 1. The van der Waals surface area contributed by atoms with E-state index < -0.39 is 0 Å². The van der Waals surface area contributed by atoms with Crippen molar-refractivity contribution >= 4 is 16.7 Å². The minimum absolute atomic E-state index is 0.171. The van der Waals surface area contributed by atoms with Crippen LogP contribution in [-0.4, -0.2) is 6.73 Å². The predicted molar refractivity (Wildman–Crippen MR) is 107 cm³/mol. The zero-order valence-corrected chi connectivity index (χ0v) is 15.6. The number of benzene rings is 2. The lowest BCUT2D eigenvalue weighted by Gasteiger charge is -2.31. The van der Waals surface area contributed by atoms with Crippen molar-refractivity contribution in [2.24, 2.45) is 0 Å². The molecule has 0 unspecified atom stereocenters. The number of rotatable bonds is 2. The summed E-state index contributed by atoms with van der Waals surface area (Å²) in [5.41, 5.74) is 6.00. The van der Waals surface area contributed by atoms with Gasteiger partial charge in [0.2, 0.25) is 0 Å². The summed E-state index contributed by atoms with van der Waals surface area (Å²) in [6.07, 6.45) is 5.02. The van der Waals surface area contributed by atoms with Crippen LogP contribution in [0.4, 0.5) is 5.69 Å². The minimum atomic E-state index is -0.171. The molecular weight excluding hydrogens is 338 g/mol. The highest BCUT2D eigenvalue weighted by Crippen LogP contribution is 2.36. The van der Waals surface area contributed by atoms with E-state index in [-0.39, 0.29) is 5.63 Å². The fourth-order valence-corrected chi connectivity index (χ4v) is 4.32. The van der Waals surface area contributed by atoms with Gasteiger partial charge < -0.3 is 14.1 Å². The first kappa shape index (κ1) is 16.4. The lowest BCUT2D eigenvalue weighted by Crippen LogP contribution is -2.32. The second-order valence-electron chi connectivity index (χ2n) is 7.46. The van der Waals surface area contributed by atoms with Gasteiger partial charge >= 0.3 is 5.63 Å². The largest absolute Gasteiger partial charge is 0.473 e. The van der Waals surface area contributed by atoms with Crippen molar-refractivity contribution in [3.8, 4) is 5.75 Å². The SMILES string of the molecule is CCc1ccc(N2COc3ccc4c5c(c(=O)oc4c3C2)CCCC5)cc1. The Morgan fingerprint density at radius 2 is 1.74 bits per heavy atom. The van der Waals surface area contributed by atoms with E-state index in [4.69, 9.17) is 9.15 Å². The van der Waals surface area contributed by atoms with Crippen molar-refractivity contribution in [1.29, 1.82) is 0 Å². The Labute approximate surface area is 158 Å². The first-order chi connectivity index (χ1) is 13.2. The summed E-state index contributed by atoms with van der Waals surface area (Å²) in [6, 6.07) is 12.7. The Kier molecular flexibility index (Phi) is 3.92. The highest BCUT2D eigenvalue weighted by Gasteiger charge is 2.25. The van der Waals surface area contributed by atoms with E-state index in [1.165, 1.54) is 11.1 Å². The van der Waals surface area contributed by atoms with Crippen molar-refractivity contribution < 1.29 is 9.15 Å². The second kappa shape index (κ2) is 6.45. The van der Waals surface area contributed by atoms with Gasteiger partial charge in [-0.2, -0.15) is 0 Å². The van der Waals surface area contributed by atoms with Gasteiger partial charge in [0, 0.05) is 16.6 Å². The molecule has 2 heterocycles. The number of aryl methyl sites for hydroxylation is 2. The molecule has 0 N–H and O–H groups in total. The van der Waals surface area contributed by atoms with Gasteiger partial charge in [0.05, 0.1) is 12.1 Å². The van der Waals surface area contributed by atoms with Gasteiger partial charge in [-0.25, -0.2) is 4.79 Å². The predicted octanol–water partition coefficient (Wildman–Crippen LogP) is 4.59. The molecule has 0 saturated heterocycles. The maximum atomic E-state index is 12.6. The molecule has 5 rings (SSSR count). The fourth-order valence-electron chi connectivity index (χ4n) is 4.32. The molecule has 4 nitrogen and oxygen atoms in total. The Bertz CT molecular complexity index is 1070. The van der Waals surface area contributed by atoms with Crippen LogP contribution in [0.3, 0.4) is 0 Å². The summed E-state index contributed by atoms with van der Waals surface area (Å²) >= 11 is 0. The number of hydrogen-bond donors (Lipinski definition) is 0. The molecule has 1 aromatic heterocycles. The smallest absolute Gasteiger partial charge is 0.339 e. The summed E-state index contributed by atoms with van der Waals surface area (Å²) in [5, 5.41) is 1.08. The van der Waals surface area contributed by atoms with Gasteiger partial charge in [0.15, 0.2) is 6.73 Å². The van der Waals surface area contributed by atoms with Crippen LogP contribution in [-0.2, 0) is 25.8 Å². The molecule has 1 aliphatic carbocycles. The quantitative estimate of drug-likeness (QED) is 0.626. The summed E-state index contributed by atoms with van der Waals surface area (Å²) in [5.74, 6) is 0.822. The number of hydrogen-bond acceptors (Lipinski definition) is 4. The van der Waals surface area contributed by atoms with Crippen LogP contribution in [0.1, 0.15) is 42.0 Å². The van der Waals surface area contributed by atoms with Gasteiger partial charge in [-0.1, -0.05) is 19.1 Å². The molecule has 0 bridgehead atoms. The first-order valence-corrected chi connectivity index (χ1v) is 9.81. The van der Waals surface area contributed by atoms with Crippen LogP contribution in [0, 0.1) is 0 Å². The molecule has 0 spiro atoms. The molecule has 138 valence electrons. The zero-order chi connectivity index (χ0) is 18.4. The molecule has 2 aliphatic rings. The Morgan fingerprint density at radius 3 is 2.52 bits per heavy atom. The van der Waals surface area contributed by atoms with E-state index in [1.54, 1.807) is 0 Å². The lowest BCUT2D eigenvalue weighted by molar-refractivity contribution is 0.289. The minimum Gasteiger partial charge on any atom is -0.473 e. The molecule has 4 heteroatoms. The maximum absolute atomic E-state index is 12.6. The van der Waals surface area contributed by atoms with Crippen LogP contribution in [0.2, 0.25) is 0 Å². The van der Waals surface area contributed by atoms with Gasteiger partial charge in [0.25, 0.3) is 0 Å². The first-order valence-electron chi connectivity index (χ1n) is 9.81.